The first-order chi connectivity index (χ1) is 8.00. The van der Waals surface area contributed by atoms with Crippen molar-refractivity contribution in [2.24, 2.45) is 12.8 Å². The molecule has 2 rings (SSSR count). The van der Waals surface area contributed by atoms with Crippen LogP contribution in [0.4, 0.5) is 4.39 Å². The summed E-state index contributed by atoms with van der Waals surface area (Å²) in [5.74, 6) is -0.301. The fraction of sp³-hybridized carbons (Fsp3) is 0.182. The smallest absolute Gasteiger partial charge is 0.137 e. The number of benzene rings is 1. The average molecular weight is 363 g/mol. The maximum atomic E-state index is 13.1. The van der Waals surface area contributed by atoms with Crippen LogP contribution in [0.25, 0.3) is 0 Å². The third kappa shape index (κ3) is 2.43. The average Bonchev–Trinajstić information content (AvgIpc) is 2.62. The Bertz CT molecular complexity index is 534. The van der Waals surface area contributed by atoms with Gasteiger partial charge in [0, 0.05) is 7.05 Å². The normalized spacial score (nSPS) is 12.8. The lowest BCUT2D eigenvalue weighted by Gasteiger charge is -2.14. The van der Waals surface area contributed by atoms with Crippen molar-refractivity contribution in [2.75, 3.05) is 0 Å². The van der Waals surface area contributed by atoms with E-state index < -0.39 is 0 Å². The highest BCUT2D eigenvalue weighted by atomic mass is 79.9. The second-order valence-electron chi connectivity index (χ2n) is 3.65. The molecule has 1 aromatic heterocycles. The van der Waals surface area contributed by atoms with Crippen LogP contribution in [-0.2, 0) is 7.05 Å². The highest BCUT2D eigenvalue weighted by Gasteiger charge is 2.17. The van der Waals surface area contributed by atoms with Crippen molar-refractivity contribution >= 4 is 31.9 Å². The van der Waals surface area contributed by atoms with Crippen molar-refractivity contribution in [3.05, 3.63) is 50.4 Å². The van der Waals surface area contributed by atoms with E-state index in [4.69, 9.17) is 5.73 Å². The maximum Gasteiger partial charge on any atom is 0.137 e. The van der Waals surface area contributed by atoms with Crippen molar-refractivity contribution in [2.45, 2.75) is 6.04 Å². The molecule has 1 unspecified atom stereocenters. The first kappa shape index (κ1) is 12.7. The number of nitrogens with zero attached hydrogens (tertiary/aromatic N) is 2. The predicted molar refractivity (Wildman–Crippen MR) is 71.0 cm³/mol. The molecule has 1 atom stereocenters. The van der Waals surface area contributed by atoms with Crippen LogP contribution in [0, 0.1) is 5.82 Å². The van der Waals surface area contributed by atoms with Gasteiger partial charge in [0.25, 0.3) is 0 Å². The van der Waals surface area contributed by atoms with Crippen molar-refractivity contribution in [3.63, 3.8) is 0 Å². The van der Waals surface area contributed by atoms with Crippen LogP contribution < -0.4 is 5.73 Å². The van der Waals surface area contributed by atoms with Gasteiger partial charge in [0.2, 0.25) is 0 Å². The molecule has 2 aromatic rings. The highest BCUT2D eigenvalue weighted by molar-refractivity contribution is 9.10. The van der Waals surface area contributed by atoms with Gasteiger partial charge in [-0.2, -0.15) is 5.10 Å². The molecule has 0 amide bonds. The molecule has 17 heavy (non-hydrogen) atoms. The largest absolute Gasteiger partial charge is 0.319 e. The van der Waals surface area contributed by atoms with Crippen LogP contribution in [0.15, 0.2) is 33.3 Å². The molecule has 0 aliphatic carbocycles. The highest BCUT2D eigenvalue weighted by Crippen LogP contribution is 2.28. The van der Waals surface area contributed by atoms with Crippen LogP contribution in [-0.4, -0.2) is 9.78 Å². The molecule has 0 saturated heterocycles. The molecule has 0 fully saturated rings. The Labute approximate surface area is 115 Å². The van der Waals surface area contributed by atoms with Gasteiger partial charge >= 0.3 is 0 Å². The van der Waals surface area contributed by atoms with E-state index in [1.165, 1.54) is 6.07 Å². The van der Waals surface area contributed by atoms with E-state index in [1.54, 1.807) is 23.0 Å². The summed E-state index contributed by atoms with van der Waals surface area (Å²) in [5.41, 5.74) is 7.82. The Morgan fingerprint density at radius 2 is 2.06 bits per heavy atom. The van der Waals surface area contributed by atoms with Crippen LogP contribution in [0.1, 0.15) is 17.3 Å². The lowest BCUT2D eigenvalue weighted by molar-refractivity contribution is 0.617. The number of rotatable bonds is 2. The molecule has 0 radical (unpaired) electrons. The Kier molecular flexibility index (Phi) is 3.65. The fourth-order valence-corrected chi connectivity index (χ4v) is 2.63. The van der Waals surface area contributed by atoms with Crippen molar-refractivity contribution < 1.29 is 4.39 Å². The van der Waals surface area contributed by atoms with Gasteiger partial charge in [-0.15, -0.1) is 0 Å². The second-order valence-corrected chi connectivity index (χ2v) is 5.36. The summed E-state index contributed by atoms with van der Waals surface area (Å²) in [6, 6.07) is 4.39. The molecule has 3 nitrogen and oxygen atoms in total. The number of hydrogen-bond donors (Lipinski definition) is 1. The minimum atomic E-state index is -0.353. The third-order valence-electron chi connectivity index (χ3n) is 2.53. The standard InChI is InChI=1S/C11H10Br2FN3/c1-17-11(8(13)5-16-17)10(15)6-2-3-9(14)7(12)4-6/h2-5,10H,15H2,1H3. The summed E-state index contributed by atoms with van der Waals surface area (Å²) in [6.45, 7) is 0. The van der Waals surface area contributed by atoms with E-state index in [9.17, 15) is 4.39 Å². The SMILES string of the molecule is Cn1ncc(Br)c1C(N)c1ccc(F)c(Br)c1. The van der Waals surface area contributed by atoms with E-state index in [0.717, 1.165) is 15.7 Å². The molecule has 2 N–H and O–H groups in total. The summed E-state index contributed by atoms with van der Waals surface area (Å²) in [5, 5.41) is 4.11. The molecule has 1 heterocycles. The fourth-order valence-electron chi connectivity index (χ4n) is 1.63. The van der Waals surface area contributed by atoms with Gasteiger partial charge in [-0.3, -0.25) is 4.68 Å². The van der Waals surface area contributed by atoms with Gasteiger partial charge in [0.15, 0.2) is 0 Å². The molecule has 90 valence electrons. The zero-order valence-electron chi connectivity index (χ0n) is 8.99. The number of halogens is 3. The summed E-state index contributed by atoms with van der Waals surface area (Å²) >= 11 is 6.55. The van der Waals surface area contributed by atoms with E-state index in [2.05, 4.69) is 37.0 Å². The van der Waals surface area contributed by atoms with Gasteiger partial charge in [0.05, 0.1) is 26.9 Å². The van der Waals surface area contributed by atoms with E-state index in [0.29, 0.717) is 4.47 Å². The lowest BCUT2D eigenvalue weighted by atomic mass is 10.0. The quantitative estimate of drug-likeness (QED) is 0.891. The summed E-state index contributed by atoms with van der Waals surface area (Å²) in [7, 11) is 1.82. The molecule has 0 aliphatic rings. The summed E-state index contributed by atoms with van der Waals surface area (Å²) < 4.78 is 16.1. The number of nitrogens with two attached hydrogens (primary N) is 1. The van der Waals surface area contributed by atoms with Gasteiger partial charge in [-0.05, 0) is 49.6 Å². The number of hydrogen-bond acceptors (Lipinski definition) is 2. The minimum Gasteiger partial charge on any atom is -0.319 e. The molecule has 6 heteroatoms. The van der Waals surface area contributed by atoms with Crippen LogP contribution in [0.5, 0.6) is 0 Å². The van der Waals surface area contributed by atoms with E-state index >= 15 is 0 Å². The summed E-state index contributed by atoms with van der Waals surface area (Å²) in [4.78, 5) is 0. The Morgan fingerprint density at radius 1 is 1.35 bits per heavy atom. The molecule has 0 bridgehead atoms. The molecule has 0 aliphatic heterocycles. The topological polar surface area (TPSA) is 43.8 Å². The second kappa shape index (κ2) is 4.88. The first-order valence-corrected chi connectivity index (χ1v) is 6.47. The predicted octanol–water partition coefficient (Wildman–Crippen LogP) is 3.13. The Morgan fingerprint density at radius 3 is 2.59 bits per heavy atom. The van der Waals surface area contributed by atoms with Gasteiger partial charge in [0.1, 0.15) is 5.82 Å². The van der Waals surface area contributed by atoms with Crippen LogP contribution >= 0.6 is 31.9 Å². The van der Waals surface area contributed by atoms with Crippen molar-refractivity contribution in [1.82, 2.24) is 9.78 Å². The number of aromatic nitrogens is 2. The number of aryl methyl sites for hydroxylation is 1. The molecule has 1 aromatic carbocycles. The molecular formula is C11H10Br2FN3. The summed E-state index contributed by atoms with van der Waals surface area (Å²) in [6.07, 6.45) is 1.69. The third-order valence-corrected chi connectivity index (χ3v) is 3.75. The van der Waals surface area contributed by atoms with Gasteiger partial charge in [-0.25, -0.2) is 4.39 Å². The van der Waals surface area contributed by atoms with Crippen molar-refractivity contribution in [1.29, 1.82) is 0 Å². The molecule has 0 spiro atoms. The zero-order chi connectivity index (χ0) is 12.6. The Balaban J connectivity index is 2.43. The van der Waals surface area contributed by atoms with Gasteiger partial charge < -0.3 is 5.73 Å². The van der Waals surface area contributed by atoms with E-state index in [-0.39, 0.29) is 11.9 Å². The Hall–Kier alpha value is -0.720. The lowest BCUT2D eigenvalue weighted by Crippen LogP contribution is -2.16. The van der Waals surface area contributed by atoms with Gasteiger partial charge in [-0.1, -0.05) is 6.07 Å². The minimum absolute atomic E-state index is 0.301. The zero-order valence-corrected chi connectivity index (χ0v) is 12.2. The van der Waals surface area contributed by atoms with Crippen LogP contribution in [0.3, 0.4) is 0 Å². The molecular weight excluding hydrogens is 353 g/mol. The van der Waals surface area contributed by atoms with E-state index in [1.807, 2.05) is 7.05 Å². The molecule has 0 saturated carbocycles. The first-order valence-electron chi connectivity index (χ1n) is 4.88. The monoisotopic (exact) mass is 361 g/mol. The van der Waals surface area contributed by atoms with Crippen molar-refractivity contribution in [3.8, 4) is 0 Å². The maximum absolute atomic E-state index is 13.1. The van der Waals surface area contributed by atoms with Crippen LogP contribution in [0.2, 0.25) is 0 Å².